The quantitative estimate of drug-likeness (QED) is 0.772. The maximum Gasteiger partial charge on any atom is 0.0795 e. The van der Waals surface area contributed by atoms with Crippen LogP contribution in [-0.4, -0.2) is 11.4 Å². The number of hydrogen-bond acceptors (Lipinski definition) is 1. The van der Waals surface area contributed by atoms with Crippen molar-refractivity contribution < 1.29 is 0 Å². The first-order valence-corrected chi connectivity index (χ1v) is 6.82. The Kier molecular flexibility index (Phi) is 3.12. The summed E-state index contributed by atoms with van der Waals surface area (Å²) >= 11 is 0. The third-order valence-corrected chi connectivity index (χ3v) is 3.89. The minimum absolute atomic E-state index is 0.309. The molecule has 0 fully saturated rings. The van der Waals surface area contributed by atoms with E-state index in [4.69, 9.17) is 0 Å². The summed E-state index contributed by atoms with van der Waals surface area (Å²) in [4.78, 5) is 2.41. The zero-order valence-corrected chi connectivity index (χ0v) is 11.3. The summed E-state index contributed by atoms with van der Waals surface area (Å²) in [5, 5.41) is 0. The number of fused-ring (bicyclic) bond motifs is 1. The van der Waals surface area contributed by atoms with Gasteiger partial charge in [-0.1, -0.05) is 61.2 Å². The van der Waals surface area contributed by atoms with E-state index in [0.29, 0.717) is 6.04 Å². The molecule has 19 heavy (non-hydrogen) atoms. The van der Waals surface area contributed by atoms with Gasteiger partial charge in [0.25, 0.3) is 0 Å². The zero-order valence-electron chi connectivity index (χ0n) is 11.3. The van der Waals surface area contributed by atoms with Crippen LogP contribution < -0.4 is 0 Å². The van der Waals surface area contributed by atoms with Gasteiger partial charge in [0.2, 0.25) is 0 Å². The second-order valence-electron chi connectivity index (χ2n) is 5.19. The highest BCUT2D eigenvalue weighted by Crippen LogP contribution is 2.36. The Bertz CT molecular complexity index is 586. The fraction of sp³-hybridized carbons (Fsp3) is 0.222. The molecule has 1 aliphatic heterocycles. The van der Waals surface area contributed by atoms with Crippen molar-refractivity contribution in [2.45, 2.75) is 19.4 Å². The van der Waals surface area contributed by atoms with Crippen LogP contribution in [0.5, 0.6) is 0 Å². The Morgan fingerprint density at radius 2 is 1.74 bits per heavy atom. The van der Waals surface area contributed by atoms with Crippen molar-refractivity contribution in [3.63, 3.8) is 0 Å². The summed E-state index contributed by atoms with van der Waals surface area (Å²) in [6.07, 6.45) is 1.10. The first kappa shape index (κ1) is 12.0. The van der Waals surface area contributed by atoms with Gasteiger partial charge in [0.15, 0.2) is 0 Å². The van der Waals surface area contributed by atoms with Gasteiger partial charge in [0.05, 0.1) is 6.04 Å². The molecular formula is C18H19N. The van der Waals surface area contributed by atoms with E-state index in [9.17, 15) is 0 Å². The van der Waals surface area contributed by atoms with Gasteiger partial charge in [-0.3, -0.25) is 0 Å². The van der Waals surface area contributed by atoms with Gasteiger partial charge < -0.3 is 4.90 Å². The molecule has 0 saturated heterocycles. The molecule has 1 aliphatic rings. The lowest BCUT2D eigenvalue weighted by Crippen LogP contribution is -2.34. The largest absolute Gasteiger partial charge is 0.364 e. The Morgan fingerprint density at radius 3 is 2.47 bits per heavy atom. The fourth-order valence-electron chi connectivity index (χ4n) is 2.97. The Balaban J connectivity index is 2.13. The molecule has 0 N–H and O–H groups in total. The fourth-order valence-corrected chi connectivity index (χ4v) is 2.97. The van der Waals surface area contributed by atoms with Crippen LogP contribution in [0.3, 0.4) is 0 Å². The van der Waals surface area contributed by atoms with E-state index < -0.39 is 0 Å². The summed E-state index contributed by atoms with van der Waals surface area (Å²) in [5.74, 6) is 0. The average molecular weight is 249 g/mol. The smallest absolute Gasteiger partial charge is 0.0795 e. The molecular weight excluding hydrogens is 230 g/mol. The molecule has 0 saturated carbocycles. The normalized spacial score (nSPS) is 17.9. The molecule has 3 rings (SSSR count). The molecule has 0 aliphatic carbocycles. The van der Waals surface area contributed by atoms with Crippen molar-refractivity contribution in [2.75, 3.05) is 6.54 Å². The maximum atomic E-state index is 4.15. The first-order valence-electron chi connectivity index (χ1n) is 6.82. The van der Waals surface area contributed by atoms with Crippen molar-refractivity contribution in [1.29, 1.82) is 0 Å². The van der Waals surface area contributed by atoms with Gasteiger partial charge in [0.1, 0.15) is 0 Å². The van der Waals surface area contributed by atoms with Crippen molar-refractivity contribution in [1.82, 2.24) is 4.90 Å². The molecule has 0 aromatic heterocycles. The van der Waals surface area contributed by atoms with E-state index in [1.807, 2.05) is 0 Å². The molecule has 1 heteroatoms. The molecule has 2 aromatic rings. The number of nitrogens with zero attached hydrogens (tertiary/aromatic N) is 1. The standard InChI is InChI=1S/C18H19N/c1-14(2)19-13-12-15-8-6-7-11-17(15)18(19)16-9-4-3-5-10-16/h3-11,18H,1,12-13H2,2H3. The number of hydrogen-bond donors (Lipinski definition) is 0. The predicted octanol–water partition coefficient (Wildman–Crippen LogP) is 4.17. The Morgan fingerprint density at radius 1 is 1.05 bits per heavy atom. The molecule has 0 bridgehead atoms. The van der Waals surface area contributed by atoms with Crippen LogP contribution in [0.15, 0.2) is 66.9 Å². The van der Waals surface area contributed by atoms with E-state index in [-0.39, 0.29) is 0 Å². The molecule has 2 aromatic carbocycles. The molecule has 1 unspecified atom stereocenters. The number of allylic oxidation sites excluding steroid dienone is 1. The van der Waals surface area contributed by atoms with E-state index in [2.05, 4.69) is 73.0 Å². The van der Waals surface area contributed by atoms with Gasteiger partial charge in [-0.2, -0.15) is 0 Å². The van der Waals surface area contributed by atoms with Crippen molar-refractivity contribution in [3.05, 3.63) is 83.6 Å². The number of benzene rings is 2. The minimum Gasteiger partial charge on any atom is -0.364 e. The molecule has 0 amide bonds. The second kappa shape index (κ2) is 4.93. The lowest BCUT2D eigenvalue weighted by atomic mass is 9.88. The first-order chi connectivity index (χ1) is 9.27. The summed E-state index contributed by atoms with van der Waals surface area (Å²) in [5.41, 5.74) is 5.37. The van der Waals surface area contributed by atoms with Crippen LogP contribution in [0.4, 0.5) is 0 Å². The highest BCUT2D eigenvalue weighted by Gasteiger charge is 2.27. The van der Waals surface area contributed by atoms with Crippen LogP contribution in [0, 0.1) is 0 Å². The lowest BCUT2D eigenvalue weighted by Gasteiger charge is -2.39. The Hall–Kier alpha value is -2.02. The molecule has 0 spiro atoms. The van der Waals surface area contributed by atoms with Crippen LogP contribution in [0.25, 0.3) is 0 Å². The minimum atomic E-state index is 0.309. The predicted molar refractivity (Wildman–Crippen MR) is 80.0 cm³/mol. The van der Waals surface area contributed by atoms with E-state index in [1.54, 1.807) is 0 Å². The van der Waals surface area contributed by atoms with Crippen LogP contribution in [-0.2, 0) is 6.42 Å². The summed E-state index contributed by atoms with van der Waals surface area (Å²) in [7, 11) is 0. The second-order valence-corrected chi connectivity index (χ2v) is 5.19. The third kappa shape index (κ3) is 2.17. The van der Waals surface area contributed by atoms with E-state index >= 15 is 0 Å². The Labute approximate surface area is 115 Å². The van der Waals surface area contributed by atoms with E-state index in [0.717, 1.165) is 18.7 Å². The average Bonchev–Trinajstić information content (AvgIpc) is 2.46. The van der Waals surface area contributed by atoms with Crippen LogP contribution >= 0.6 is 0 Å². The van der Waals surface area contributed by atoms with Gasteiger partial charge in [-0.05, 0) is 30.0 Å². The number of rotatable bonds is 2. The topological polar surface area (TPSA) is 3.24 Å². The maximum absolute atomic E-state index is 4.15. The van der Waals surface area contributed by atoms with Crippen LogP contribution in [0.2, 0.25) is 0 Å². The highest BCUT2D eigenvalue weighted by atomic mass is 15.2. The van der Waals surface area contributed by atoms with Crippen LogP contribution in [0.1, 0.15) is 29.7 Å². The molecule has 1 atom stereocenters. The van der Waals surface area contributed by atoms with Gasteiger partial charge >= 0.3 is 0 Å². The lowest BCUT2D eigenvalue weighted by molar-refractivity contribution is 0.276. The monoisotopic (exact) mass is 249 g/mol. The summed E-state index contributed by atoms with van der Waals surface area (Å²) in [6, 6.07) is 19.8. The molecule has 1 heterocycles. The van der Waals surface area contributed by atoms with Gasteiger partial charge in [0, 0.05) is 12.2 Å². The SMILES string of the molecule is C=C(C)N1CCc2ccccc2C1c1ccccc1. The van der Waals surface area contributed by atoms with Crippen molar-refractivity contribution in [2.24, 2.45) is 0 Å². The van der Waals surface area contributed by atoms with Crippen molar-refractivity contribution in [3.8, 4) is 0 Å². The van der Waals surface area contributed by atoms with Gasteiger partial charge in [-0.25, -0.2) is 0 Å². The summed E-state index contributed by atoms with van der Waals surface area (Å²) < 4.78 is 0. The molecule has 96 valence electrons. The van der Waals surface area contributed by atoms with Gasteiger partial charge in [-0.15, -0.1) is 0 Å². The molecule has 0 radical (unpaired) electrons. The summed E-state index contributed by atoms with van der Waals surface area (Å²) in [6.45, 7) is 7.30. The zero-order chi connectivity index (χ0) is 13.2. The molecule has 1 nitrogen and oxygen atoms in total. The highest BCUT2D eigenvalue weighted by molar-refractivity contribution is 5.40. The van der Waals surface area contributed by atoms with Crippen molar-refractivity contribution >= 4 is 0 Å². The third-order valence-electron chi connectivity index (χ3n) is 3.89. The van der Waals surface area contributed by atoms with E-state index in [1.165, 1.54) is 16.7 Å².